The van der Waals surface area contributed by atoms with Crippen molar-refractivity contribution in [3.8, 4) is 129 Å². The number of nitriles is 2. The van der Waals surface area contributed by atoms with E-state index in [1.54, 1.807) is 0 Å². The highest BCUT2D eigenvalue weighted by molar-refractivity contribution is 7.26. The van der Waals surface area contributed by atoms with Gasteiger partial charge < -0.3 is 0 Å². The summed E-state index contributed by atoms with van der Waals surface area (Å²) in [7, 11) is 0. The SMILES string of the molecule is N#Cc1c(-c2ccccc2)c(-c2ccccc2)c(-c2cc(-c3c(-c4ccccc4)c(-c4ccccc4)c(C#N)c(-c4ccccc4)c3-c3ccccc3)nc(-n3c4ccccc4c4c5sc6ccccc6c5ccc43)c2)c(-c2ccccc2)c1-c1ccccc1. The second kappa shape index (κ2) is 22.7. The number of thiophene rings is 1. The van der Waals surface area contributed by atoms with E-state index >= 15 is 0 Å². The average Bonchev–Trinajstić information content (AvgIpc) is 1.19. The van der Waals surface area contributed by atoms with Crippen LogP contribution in [0, 0.1) is 22.7 Å². The lowest BCUT2D eigenvalue weighted by Crippen LogP contribution is -2.06. The van der Waals surface area contributed by atoms with E-state index in [2.05, 4.69) is 308 Å². The van der Waals surface area contributed by atoms with Crippen molar-refractivity contribution in [1.29, 1.82) is 10.5 Å². The lowest BCUT2D eigenvalue weighted by Gasteiger charge is -2.28. The van der Waals surface area contributed by atoms with Crippen molar-refractivity contribution in [3.63, 3.8) is 0 Å². The first-order valence-corrected chi connectivity index (χ1v) is 31.0. The zero-order valence-electron chi connectivity index (χ0n) is 48.7. The standard InChI is InChI=1S/C85H52N4S/c86-53-67-74(55-29-9-1-10-30-55)78(59-37-17-5-18-38-59)82(79(60-39-19-6-20-40-60)75(67)56-31-11-2-12-32-56)63-51-69(88-73(52-63)89-70-47-27-25-46-66(70)83-71(89)50-49-65-64-45-26-28-48-72(64)90-85(65)83)84-80(61-41-21-7-22-42-61)76(57-33-13-3-14-34-57)68(54-87)77(58-35-15-4-16-36-58)81(84)62-43-23-8-24-44-62/h1-52H. The van der Waals surface area contributed by atoms with Crippen molar-refractivity contribution in [1.82, 2.24) is 9.55 Å². The van der Waals surface area contributed by atoms with Crippen LogP contribution in [0.2, 0.25) is 0 Å². The predicted molar refractivity (Wildman–Crippen MR) is 375 cm³/mol. The van der Waals surface area contributed by atoms with E-state index in [9.17, 15) is 10.5 Å². The molecule has 0 fully saturated rings. The van der Waals surface area contributed by atoms with Crippen LogP contribution in [0.5, 0.6) is 0 Å². The van der Waals surface area contributed by atoms with E-state index in [4.69, 9.17) is 4.98 Å². The number of nitrogens with zero attached hydrogens (tertiary/aromatic N) is 4. The molecule has 0 atom stereocenters. The van der Waals surface area contributed by atoms with Gasteiger partial charge >= 0.3 is 0 Å². The molecule has 16 rings (SSSR count). The minimum Gasteiger partial charge on any atom is -0.294 e. The fraction of sp³-hybridized carbons (Fsp3) is 0. The van der Waals surface area contributed by atoms with E-state index < -0.39 is 0 Å². The molecule has 0 aliphatic heterocycles. The molecule has 4 nitrogen and oxygen atoms in total. The van der Waals surface area contributed by atoms with Crippen LogP contribution in [-0.2, 0) is 0 Å². The van der Waals surface area contributed by atoms with Crippen LogP contribution in [0.3, 0.4) is 0 Å². The van der Waals surface area contributed by atoms with Crippen LogP contribution in [0.25, 0.3) is 159 Å². The van der Waals surface area contributed by atoms with Crippen molar-refractivity contribution < 1.29 is 0 Å². The Hall–Kier alpha value is -12.0. The van der Waals surface area contributed by atoms with Gasteiger partial charge in [-0.05, 0) is 97.1 Å². The quantitative estimate of drug-likeness (QED) is 0.130. The maximum absolute atomic E-state index is 12.1. The highest BCUT2D eigenvalue weighted by Crippen LogP contribution is 2.57. The molecule has 418 valence electrons. The van der Waals surface area contributed by atoms with Crippen LogP contribution in [0.1, 0.15) is 11.1 Å². The summed E-state index contributed by atoms with van der Waals surface area (Å²) < 4.78 is 4.82. The van der Waals surface area contributed by atoms with Crippen LogP contribution >= 0.6 is 11.3 Å². The Bertz CT molecular complexity index is 5040. The number of hydrogen-bond donors (Lipinski definition) is 0. The summed E-state index contributed by atoms with van der Waals surface area (Å²) in [6.45, 7) is 0. The largest absolute Gasteiger partial charge is 0.294 e. The fourth-order valence-corrected chi connectivity index (χ4v) is 15.1. The normalized spacial score (nSPS) is 11.3. The van der Waals surface area contributed by atoms with Crippen molar-refractivity contribution in [2.45, 2.75) is 0 Å². The Morgan fingerprint density at radius 1 is 0.278 bits per heavy atom. The van der Waals surface area contributed by atoms with E-state index in [1.807, 2.05) is 35.6 Å². The summed E-state index contributed by atoms with van der Waals surface area (Å²) in [6.07, 6.45) is 0. The fourth-order valence-electron chi connectivity index (χ4n) is 13.8. The Morgan fingerprint density at radius 2 is 0.611 bits per heavy atom. The molecular weight excluding hydrogens is 1110 g/mol. The summed E-state index contributed by atoms with van der Waals surface area (Å²) in [5, 5.41) is 28.9. The first-order valence-electron chi connectivity index (χ1n) is 30.2. The lowest BCUT2D eigenvalue weighted by molar-refractivity contribution is 1.09. The van der Waals surface area contributed by atoms with Gasteiger partial charge in [0.1, 0.15) is 18.0 Å². The Kier molecular flexibility index (Phi) is 13.5. The Labute approximate surface area is 526 Å². The average molecular weight is 1160 g/mol. The van der Waals surface area contributed by atoms with Gasteiger partial charge in [-0.3, -0.25) is 4.57 Å². The van der Waals surface area contributed by atoms with Gasteiger partial charge in [0.15, 0.2) is 0 Å². The van der Waals surface area contributed by atoms with Crippen LogP contribution in [-0.4, -0.2) is 9.55 Å². The molecular formula is C85H52N4S. The molecule has 0 unspecified atom stereocenters. The highest BCUT2D eigenvalue weighted by Gasteiger charge is 2.33. The van der Waals surface area contributed by atoms with Gasteiger partial charge in [0, 0.05) is 69.9 Å². The number of hydrogen-bond acceptors (Lipinski definition) is 4. The van der Waals surface area contributed by atoms with E-state index in [-0.39, 0.29) is 0 Å². The number of benzene rings is 13. The lowest BCUT2D eigenvalue weighted by atomic mass is 9.75. The maximum Gasteiger partial charge on any atom is 0.138 e. The molecule has 13 aromatic carbocycles. The van der Waals surface area contributed by atoms with Gasteiger partial charge in [0.05, 0.1) is 27.9 Å². The molecule has 0 radical (unpaired) electrons. The maximum atomic E-state index is 12.1. The summed E-state index contributed by atoms with van der Waals surface area (Å²) in [5.74, 6) is 0.698. The summed E-state index contributed by atoms with van der Waals surface area (Å²) in [6, 6.07) is 116. The van der Waals surface area contributed by atoms with E-state index in [1.165, 1.54) is 20.2 Å². The number of para-hydroxylation sites is 1. The van der Waals surface area contributed by atoms with Crippen molar-refractivity contribution >= 4 is 53.3 Å². The molecule has 0 aliphatic rings. The molecule has 0 bridgehead atoms. The van der Waals surface area contributed by atoms with Crippen LogP contribution < -0.4 is 0 Å². The molecule has 3 aromatic heterocycles. The smallest absolute Gasteiger partial charge is 0.138 e. The third-order valence-corrected chi connectivity index (χ3v) is 18.7. The molecule has 0 amide bonds. The van der Waals surface area contributed by atoms with Gasteiger partial charge in [-0.1, -0.05) is 285 Å². The van der Waals surface area contributed by atoms with Gasteiger partial charge in [-0.2, -0.15) is 10.5 Å². The topological polar surface area (TPSA) is 65.4 Å². The monoisotopic (exact) mass is 1160 g/mol. The Morgan fingerprint density at radius 3 is 1.01 bits per heavy atom. The van der Waals surface area contributed by atoms with Gasteiger partial charge in [-0.25, -0.2) is 4.98 Å². The third-order valence-electron chi connectivity index (χ3n) is 17.5. The van der Waals surface area contributed by atoms with Gasteiger partial charge in [0.25, 0.3) is 0 Å². The molecule has 5 heteroatoms. The first-order chi connectivity index (χ1) is 44.6. The van der Waals surface area contributed by atoms with Crippen molar-refractivity contribution in [3.05, 3.63) is 327 Å². The number of pyridine rings is 1. The molecule has 0 spiro atoms. The summed E-state index contributed by atoms with van der Waals surface area (Å²) in [4.78, 5) is 6.22. The molecule has 0 aliphatic carbocycles. The van der Waals surface area contributed by atoms with Gasteiger partial charge in [-0.15, -0.1) is 11.3 Å². The van der Waals surface area contributed by atoms with Gasteiger partial charge in [0.2, 0.25) is 0 Å². The zero-order chi connectivity index (χ0) is 60.1. The van der Waals surface area contributed by atoms with Crippen molar-refractivity contribution in [2.75, 3.05) is 0 Å². The van der Waals surface area contributed by atoms with E-state index in [0.29, 0.717) is 22.6 Å². The predicted octanol–water partition coefficient (Wildman–Crippen LogP) is 23.0. The zero-order valence-corrected chi connectivity index (χ0v) is 49.5. The Balaban J connectivity index is 1.18. The minimum absolute atomic E-state index is 0.560. The minimum atomic E-state index is 0.560. The van der Waals surface area contributed by atoms with Crippen LogP contribution in [0.4, 0.5) is 0 Å². The molecule has 0 saturated carbocycles. The number of fused-ring (bicyclic) bond motifs is 7. The molecule has 0 saturated heterocycles. The van der Waals surface area contributed by atoms with E-state index in [0.717, 1.165) is 128 Å². The van der Waals surface area contributed by atoms with Crippen LogP contribution in [0.15, 0.2) is 315 Å². The molecule has 3 heterocycles. The second-order valence-electron chi connectivity index (χ2n) is 22.5. The molecule has 0 N–H and O–H groups in total. The second-order valence-corrected chi connectivity index (χ2v) is 23.6. The van der Waals surface area contributed by atoms with Crippen molar-refractivity contribution in [2.24, 2.45) is 0 Å². The molecule has 90 heavy (non-hydrogen) atoms. The first kappa shape index (κ1) is 53.5. The number of aromatic nitrogens is 2. The molecule has 16 aromatic rings. The number of rotatable bonds is 11. The highest BCUT2D eigenvalue weighted by atomic mass is 32.1. The summed E-state index contributed by atoms with van der Waals surface area (Å²) >= 11 is 1.83. The summed E-state index contributed by atoms with van der Waals surface area (Å²) in [5.41, 5.74) is 20.8. The third kappa shape index (κ3) is 8.92.